The minimum atomic E-state index is 0. The second-order valence-electron chi connectivity index (χ2n) is 2.59. The summed E-state index contributed by atoms with van der Waals surface area (Å²) in [5.74, 6) is 0. The van der Waals surface area contributed by atoms with Crippen molar-refractivity contribution in [2.24, 2.45) is 0 Å². The molecule has 0 saturated heterocycles. The Morgan fingerprint density at radius 3 is 2.75 bits per heavy atom. The van der Waals surface area contributed by atoms with Crippen LogP contribution in [0.3, 0.4) is 0 Å². The average Bonchev–Trinajstić information content (AvgIpc) is 2.34. The molecule has 0 saturated carbocycles. The third-order valence-corrected chi connectivity index (χ3v) is 1.94. The van der Waals surface area contributed by atoms with E-state index in [2.05, 4.69) is 10.6 Å². The summed E-state index contributed by atoms with van der Waals surface area (Å²) in [6.45, 7) is 2.39. The summed E-state index contributed by atoms with van der Waals surface area (Å²) in [4.78, 5) is 0. The molecule has 0 aromatic carbocycles. The van der Waals surface area contributed by atoms with Crippen molar-refractivity contribution >= 4 is 24.8 Å². The van der Waals surface area contributed by atoms with Crippen LogP contribution in [-0.2, 0) is 0 Å². The minimum absolute atomic E-state index is 0. The molecule has 6 heteroatoms. The van der Waals surface area contributed by atoms with Crippen molar-refractivity contribution in [2.75, 3.05) is 19.8 Å². The highest BCUT2D eigenvalue weighted by molar-refractivity contribution is 5.85. The van der Waals surface area contributed by atoms with Gasteiger partial charge in [-0.25, -0.2) is 5.06 Å². The van der Waals surface area contributed by atoms with E-state index in [0.717, 1.165) is 30.9 Å². The first kappa shape index (κ1) is 11.8. The van der Waals surface area contributed by atoms with Crippen molar-refractivity contribution in [3.05, 3.63) is 11.4 Å². The van der Waals surface area contributed by atoms with Gasteiger partial charge >= 0.3 is 0 Å². The minimum Gasteiger partial charge on any atom is -0.367 e. The lowest BCUT2D eigenvalue weighted by Gasteiger charge is -2.17. The van der Waals surface area contributed by atoms with Crippen molar-refractivity contribution in [2.45, 2.75) is 6.42 Å². The first-order valence-corrected chi connectivity index (χ1v) is 3.51. The number of nitrogens with zero attached hydrogens (tertiary/aromatic N) is 1. The smallest absolute Gasteiger partial charge is 0.113 e. The molecule has 0 spiro atoms. The maximum atomic E-state index is 9.21. The maximum Gasteiger partial charge on any atom is 0.113 e. The normalized spacial score (nSPS) is 20.6. The van der Waals surface area contributed by atoms with Gasteiger partial charge in [0.05, 0.1) is 5.70 Å². The fraction of sp³-hybridized carbons (Fsp3) is 0.667. The van der Waals surface area contributed by atoms with Crippen LogP contribution in [0.4, 0.5) is 0 Å². The number of hydrogen-bond acceptors (Lipinski definition) is 4. The molecule has 0 bridgehead atoms. The highest BCUT2D eigenvalue weighted by atomic mass is 35.5. The lowest BCUT2D eigenvalue weighted by molar-refractivity contribution is -0.0513. The molecule has 0 aliphatic carbocycles. The lowest BCUT2D eigenvalue weighted by atomic mass is 10.2. The number of hydroxylamine groups is 2. The molecule has 72 valence electrons. The van der Waals surface area contributed by atoms with Gasteiger partial charge in [0.15, 0.2) is 0 Å². The van der Waals surface area contributed by atoms with Crippen LogP contribution in [0.25, 0.3) is 0 Å². The number of rotatable bonds is 0. The molecule has 0 aromatic rings. The SMILES string of the molecule is Cl.Cl.ON1CNC2=C1CCNC2. The lowest BCUT2D eigenvalue weighted by Crippen LogP contribution is -2.28. The Morgan fingerprint density at radius 1 is 1.33 bits per heavy atom. The van der Waals surface area contributed by atoms with Crippen LogP contribution in [0, 0.1) is 0 Å². The number of hydrogen-bond donors (Lipinski definition) is 3. The van der Waals surface area contributed by atoms with E-state index in [1.807, 2.05) is 0 Å². The Bertz CT molecular complexity index is 186. The van der Waals surface area contributed by atoms with E-state index >= 15 is 0 Å². The summed E-state index contributed by atoms with van der Waals surface area (Å²) in [7, 11) is 0. The maximum absolute atomic E-state index is 9.21. The van der Waals surface area contributed by atoms with E-state index in [-0.39, 0.29) is 24.8 Å². The molecule has 0 atom stereocenters. The number of nitrogens with one attached hydrogen (secondary N) is 2. The zero-order chi connectivity index (χ0) is 6.97. The summed E-state index contributed by atoms with van der Waals surface area (Å²) in [5, 5.41) is 16.8. The standard InChI is InChI=1S/C6H11N3O.2ClH/c10-9-4-8-5-3-7-2-1-6(5)9;;/h7-8,10H,1-4H2;2*1H. The van der Waals surface area contributed by atoms with Crippen LogP contribution in [0.15, 0.2) is 11.4 Å². The molecule has 2 heterocycles. The first-order chi connectivity index (χ1) is 4.88. The van der Waals surface area contributed by atoms with Gasteiger partial charge in [0.25, 0.3) is 0 Å². The zero-order valence-corrected chi connectivity index (χ0v) is 8.17. The third kappa shape index (κ3) is 1.95. The zero-order valence-electron chi connectivity index (χ0n) is 6.54. The van der Waals surface area contributed by atoms with Crippen molar-refractivity contribution in [3.63, 3.8) is 0 Å². The molecule has 3 N–H and O–H groups in total. The van der Waals surface area contributed by atoms with Crippen molar-refractivity contribution in [3.8, 4) is 0 Å². The van der Waals surface area contributed by atoms with Crippen molar-refractivity contribution < 1.29 is 5.21 Å². The van der Waals surface area contributed by atoms with E-state index in [9.17, 15) is 5.21 Å². The Labute approximate surface area is 83.8 Å². The molecule has 0 amide bonds. The van der Waals surface area contributed by atoms with Gasteiger partial charge < -0.3 is 10.6 Å². The van der Waals surface area contributed by atoms with Gasteiger partial charge in [0.1, 0.15) is 6.67 Å². The van der Waals surface area contributed by atoms with E-state index in [1.54, 1.807) is 0 Å². The Hall–Kier alpha value is -0.160. The highest BCUT2D eigenvalue weighted by Crippen LogP contribution is 2.17. The molecule has 0 fully saturated rings. The average molecular weight is 214 g/mol. The quantitative estimate of drug-likeness (QED) is 0.542. The summed E-state index contributed by atoms with van der Waals surface area (Å²) in [6, 6.07) is 0. The van der Waals surface area contributed by atoms with Crippen LogP contribution in [-0.4, -0.2) is 30.0 Å². The van der Waals surface area contributed by atoms with Crippen LogP contribution < -0.4 is 10.6 Å². The highest BCUT2D eigenvalue weighted by Gasteiger charge is 2.22. The second-order valence-corrected chi connectivity index (χ2v) is 2.59. The molecule has 2 rings (SSSR count). The van der Waals surface area contributed by atoms with E-state index in [0.29, 0.717) is 6.67 Å². The van der Waals surface area contributed by atoms with Gasteiger partial charge in [-0.05, 0) is 0 Å². The van der Waals surface area contributed by atoms with Gasteiger partial charge in [0.2, 0.25) is 0 Å². The molecular formula is C6H13Cl2N3O. The molecule has 0 radical (unpaired) electrons. The van der Waals surface area contributed by atoms with Gasteiger partial charge in [0, 0.05) is 25.2 Å². The van der Waals surface area contributed by atoms with Crippen LogP contribution in [0.1, 0.15) is 6.42 Å². The number of halogens is 2. The fourth-order valence-electron chi connectivity index (χ4n) is 1.39. The summed E-state index contributed by atoms with van der Waals surface area (Å²) in [5.41, 5.74) is 2.20. The first-order valence-electron chi connectivity index (χ1n) is 3.51. The van der Waals surface area contributed by atoms with Gasteiger partial charge in [-0.2, -0.15) is 0 Å². The summed E-state index contributed by atoms with van der Waals surface area (Å²) >= 11 is 0. The Kier molecular flexibility index (Phi) is 4.70. The summed E-state index contributed by atoms with van der Waals surface area (Å²) < 4.78 is 0. The van der Waals surface area contributed by atoms with Gasteiger partial charge in [-0.3, -0.25) is 5.21 Å². The second kappa shape index (κ2) is 4.77. The van der Waals surface area contributed by atoms with E-state index in [1.165, 1.54) is 5.06 Å². The van der Waals surface area contributed by atoms with E-state index in [4.69, 9.17) is 0 Å². The summed E-state index contributed by atoms with van der Waals surface area (Å²) in [6.07, 6.45) is 0.929. The van der Waals surface area contributed by atoms with Crippen molar-refractivity contribution in [1.29, 1.82) is 0 Å². The predicted molar refractivity (Wildman–Crippen MR) is 50.6 cm³/mol. The fourth-order valence-corrected chi connectivity index (χ4v) is 1.39. The van der Waals surface area contributed by atoms with Crippen LogP contribution in [0.2, 0.25) is 0 Å². The molecule has 0 aromatic heterocycles. The van der Waals surface area contributed by atoms with Crippen molar-refractivity contribution in [1.82, 2.24) is 15.7 Å². The third-order valence-electron chi connectivity index (χ3n) is 1.94. The molecule has 0 unspecified atom stereocenters. The predicted octanol–water partition coefficient (Wildman–Crippen LogP) is 0.287. The monoisotopic (exact) mass is 213 g/mol. The van der Waals surface area contributed by atoms with Crippen LogP contribution >= 0.6 is 24.8 Å². The molecule has 4 nitrogen and oxygen atoms in total. The Morgan fingerprint density at radius 2 is 2.08 bits per heavy atom. The van der Waals surface area contributed by atoms with Crippen LogP contribution in [0.5, 0.6) is 0 Å². The molecular weight excluding hydrogens is 201 g/mol. The topological polar surface area (TPSA) is 47.5 Å². The molecule has 2 aliphatic rings. The molecule has 2 aliphatic heterocycles. The molecule has 12 heavy (non-hydrogen) atoms. The van der Waals surface area contributed by atoms with Gasteiger partial charge in [-0.1, -0.05) is 0 Å². The largest absolute Gasteiger partial charge is 0.367 e. The van der Waals surface area contributed by atoms with E-state index < -0.39 is 0 Å². The van der Waals surface area contributed by atoms with Gasteiger partial charge in [-0.15, -0.1) is 24.8 Å². The Balaban J connectivity index is 0.000000605.